The number of carbonyl (C=O) groups is 2. The summed E-state index contributed by atoms with van der Waals surface area (Å²) in [4.78, 5) is 24.2. The van der Waals surface area contributed by atoms with Gasteiger partial charge in [0, 0.05) is 23.9 Å². The van der Waals surface area contributed by atoms with Crippen LogP contribution in [-0.4, -0.2) is 36.7 Å². The van der Waals surface area contributed by atoms with Crippen LogP contribution in [0.1, 0.15) is 32.1 Å². The second-order valence-corrected chi connectivity index (χ2v) is 5.57. The highest BCUT2D eigenvalue weighted by molar-refractivity contribution is 6.02. The lowest BCUT2D eigenvalue weighted by molar-refractivity contribution is -0.130. The lowest BCUT2D eigenvalue weighted by atomic mass is 9.79. The number of rotatable bonds is 0. The van der Waals surface area contributed by atoms with E-state index in [0.29, 0.717) is 0 Å². The molecule has 94 valence electrons. The molecule has 3 aliphatic rings. The summed E-state index contributed by atoms with van der Waals surface area (Å²) < 4.78 is 0. The van der Waals surface area contributed by atoms with E-state index in [1.807, 2.05) is 0 Å². The van der Waals surface area contributed by atoms with Gasteiger partial charge in [-0.2, -0.15) is 0 Å². The second kappa shape index (κ2) is 4.50. The Balaban J connectivity index is 1.91. The molecular formula is C13H20N2O2. The first-order valence-corrected chi connectivity index (χ1v) is 6.79. The maximum Gasteiger partial charge on any atom is 0.144 e. The van der Waals surface area contributed by atoms with E-state index in [2.05, 4.69) is 10.6 Å². The molecule has 2 saturated heterocycles. The molecule has 0 aromatic heterocycles. The summed E-state index contributed by atoms with van der Waals surface area (Å²) in [6, 6.07) is 0.376. The van der Waals surface area contributed by atoms with Crippen LogP contribution in [0.3, 0.4) is 0 Å². The van der Waals surface area contributed by atoms with Gasteiger partial charge in [0.1, 0.15) is 11.6 Å². The molecule has 3 rings (SSSR count). The molecule has 4 unspecified atom stereocenters. The molecule has 2 heterocycles. The van der Waals surface area contributed by atoms with Crippen LogP contribution in [0.4, 0.5) is 0 Å². The third kappa shape index (κ3) is 1.93. The Morgan fingerprint density at radius 3 is 1.76 bits per heavy atom. The average Bonchev–Trinajstić information content (AvgIpc) is 2.48. The van der Waals surface area contributed by atoms with Gasteiger partial charge in [-0.1, -0.05) is 0 Å². The highest BCUT2D eigenvalue weighted by Crippen LogP contribution is 2.32. The Morgan fingerprint density at radius 1 is 0.824 bits per heavy atom. The minimum absolute atomic E-state index is 0.0632. The van der Waals surface area contributed by atoms with Crippen LogP contribution in [0, 0.1) is 11.8 Å². The number of hydrogen-bond acceptors (Lipinski definition) is 4. The third-order valence-corrected chi connectivity index (χ3v) is 4.57. The maximum absolute atomic E-state index is 12.1. The average molecular weight is 236 g/mol. The van der Waals surface area contributed by atoms with E-state index in [4.69, 9.17) is 0 Å². The lowest BCUT2D eigenvalue weighted by Gasteiger charge is -2.40. The van der Waals surface area contributed by atoms with Crippen molar-refractivity contribution in [1.82, 2.24) is 10.6 Å². The summed E-state index contributed by atoms with van der Waals surface area (Å²) in [7, 11) is 0. The molecule has 1 saturated carbocycles. The van der Waals surface area contributed by atoms with Gasteiger partial charge in [-0.05, 0) is 38.8 Å². The smallest absolute Gasteiger partial charge is 0.144 e. The fraction of sp³-hybridized carbons (Fsp3) is 0.846. The SMILES string of the molecule is O=C1CC(=O)C2CCCNC2C2NCCCC12. The molecule has 4 heteroatoms. The summed E-state index contributed by atoms with van der Waals surface area (Å²) in [5.74, 6) is 0.466. The largest absolute Gasteiger partial charge is 0.312 e. The van der Waals surface area contributed by atoms with E-state index in [0.717, 1.165) is 38.8 Å². The van der Waals surface area contributed by atoms with Gasteiger partial charge in [0.05, 0.1) is 6.42 Å². The minimum Gasteiger partial charge on any atom is -0.312 e. The van der Waals surface area contributed by atoms with Crippen molar-refractivity contribution in [2.24, 2.45) is 11.8 Å². The first-order valence-electron chi connectivity index (χ1n) is 6.79. The number of carbonyl (C=O) groups excluding carboxylic acids is 2. The Morgan fingerprint density at radius 2 is 1.29 bits per heavy atom. The predicted molar refractivity (Wildman–Crippen MR) is 63.7 cm³/mol. The molecule has 0 spiro atoms. The Bertz CT molecular complexity index is 310. The van der Waals surface area contributed by atoms with Gasteiger partial charge in [-0.15, -0.1) is 0 Å². The van der Waals surface area contributed by atoms with E-state index in [9.17, 15) is 9.59 Å². The predicted octanol–water partition coefficient (Wildman–Crippen LogP) is 0.265. The van der Waals surface area contributed by atoms with Crippen LogP contribution in [0.2, 0.25) is 0 Å². The van der Waals surface area contributed by atoms with E-state index >= 15 is 0 Å². The van der Waals surface area contributed by atoms with Crippen molar-refractivity contribution in [2.45, 2.75) is 44.2 Å². The van der Waals surface area contributed by atoms with Crippen LogP contribution < -0.4 is 10.6 Å². The molecule has 0 aromatic rings. The van der Waals surface area contributed by atoms with E-state index in [1.54, 1.807) is 0 Å². The van der Waals surface area contributed by atoms with Crippen molar-refractivity contribution in [3.05, 3.63) is 0 Å². The molecule has 4 atom stereocenters. The summed E-state index contributed by atoms with van der Waals surface area (Å²) >= 11 is 0. The molecule has 1 aliphatic carbocycles. The Hall–Kier alpha value is -0.740. The molecule has 17 heavy (non-hydrogen) atoms. The normalized spacial score (nSPS) is 42.6. The fourth-order valence-corrected chi connectivity index (χ4v) is 3.74. The minimum atomic E-state index is 0.0632. The van der Waals surface area contributed by atoms with Gasteiger partial charge in [0.25, 0.3) is 0 Å². The molecule has 4 nitrogen and oxygen atoms in total. The summed E-state index contributed by atoms with van der Waals surface area (Å²) in [5.41, 5.74) is 0. The van der Waals surface area contributed by atoms with E-state index in [-0.39, 0.29) is 41.9 Å². The van der Waals surface area contributed by atoms with E-state index in [1.165, 1.54) is 0 Å². The monoisotopic (exact) mass is 236 g/mol. The third-order valence-electron chi connectivity index (χ3n) is 4.57. The molecular weight excluding hydrogens is 216 g/mol. The van der Waals surface area contributed by atoms with Crippen LogP contribution in [-0.2, 0) is 9.59 Å². The number of hydrogen-bond donors (Lipinski definition) is 2. The quantitative estimate of drug-likeness (QED) is 0.593. The molecule has 2 N–H and O–H groups in total. The van der Waals surface area contributed by atoms with Crippen LogP contribution >= 0.6 is 0 Å². The van der Waals surface area contributed by atoms with Crippen LogP contribution in [0.5, 0.6) is 0 Å². The zero-order chi connectivity index (χ0) is 11.8. The summed E-state index contributed by atoms with van der Waals surface area (Å²) in [5, 5.41) is 6.95. The number of piperidine rings is 2. The molecule has 3 fully saturated rings. The zero-order valence-corrected chi connectivity index (χ0v) is 10.1. The summed E-state index contributed by atoms with van der Waals surface area (Å²) in [6.45, 7) is 1.96. The number of fused-ring (bicyclic) bond motifs is 3. The van der Waals surface area contributed by atoms with Crippen molar-refractivity contribution < 1.29 is 9.59 Å². The molecule has 0 aromatic carbocycles. The van der Waals surface area contributed by atoms with Gasteiger partial charge in [0.2, 0.25) is 0 Å². The van der Waals surface area contributed by atoms with Crippen LogP contribution in [0.25, 0.3) is 0 Å². The zero-order valence-electron chi connectivity index (χ0n) is 10.1. The highest BCUT2D eigenvalue weighted by Gasteiger charge is 2.46. The molecule has 2 aliphatic heterocycles. The van der Waals surface area contributed by atoms with Gasteiger partial charge in [-0.25, -0.2) is 0 Å². The van der Waals surface area contributed by atoms with Gasteiger partial charge < -0.3 is 10.6 Å². The second-order valence-electron chi connectivity index (χ2n) is 5.57. The highest BCUT2D eigenvalue weighted by atomic mass is 16.1. The fourth-order valence-electron chi connectivity index (χ4n) is 3.74. The Labute approximate surface area is 102 Å². The topological polar surface area (TPSA) is 58.2 Å². The van der Waals surface area contributed by atoms with Gasteiger partial charge in [-0.3, -0.25) is 9.59 Å². The number of nitrogens with one attached hydrogen (secondary N) is 2. The first kappa shape index (κ1) is 11.4. The first-order chi connectivity index (χ1) is 8.27. The van der Waals surface area contributed by atoms with Crippen molar-refractivity contribution in [1.29, 1.82) is 0 Å². The van der Waals surface area contributed by atoms with Crippen molar-refractivity contribution >= 4 is 11.6 Å². The number of Topliss-reactive ketones (excluding diaryl/α,β-unsaturated/α-hetero) is 2. The van der Waals surface area contributed by atoms with Crippen molar-refractivity contribution in [3.63, 3.8) is 0 Å². The molecule has 0 amide bonds. The molecule has 0 bridgehead atoms. The standard InChI is InChI=1S/C13H20N2O2/c16-10-7-11(17)9-4-2-6-15-13(9)12-8(10)3-1-5-14-12/h8-9,12-15H,1-7H2. The summed E-state index contributed by atoms with van der Waals surface area (Å²) in [6.07, 6.45) is 4.19. The van der Waals surface area contributed by atoms with Crippen molar-refractivity contribution in [3.8, 4) is 0 Å². The van der Waals surface area contributed by atoms with E-state index < -0.39 is 0 Å². The van der Waals surface area contributed by atoms with Crippen molar-refractivity contribution in [2.75, 3.05) is 13.1 Å². The molecule has 0 radical (unpaired) electrons. The van der Waals surface area contributed by atoms with Crippen LogP contribution in [0.15, 0.2) is 0 Å². The lowest BCUT2D eigenvalue weighted by Crippen LogP contribution is -2.59. The van der Waals surface area contributed by atoms with Gasteiger partial charge in [0.15, 0.2) is 0 Å². The maximum atomic E-state index is 12.1. The number of ketones is 2. The Kier molecular flexibility index (Phi) is 3.01. The van der Waals surface area contributed by atoms with Gasteiger partial charge >= 0.3 is 0 Å².